The van der Waals surface area contributed by atoms with Gasteiger partial charge in [0.1, 0.15) is 6.04 Å². The summed E-state index contributed by atoms with van der Waals surface area (Å²) >= 11 is 0. The summed E-state index contributed by atoms with van der Waals surface area (Å²) < 4.78 is 26.9. The lowest BCUT2D eigenvalue weighted by atomic mass is 10.1. The highest BCUT2D eigenvalue weighted by Gasteiger charge is 2.39. The Morgan fingerprint density at radius 2 is 2.04 bits per heavy atom. The zero-order chi connectivity index (χ0) is 17.0. The summed E-state index contributed by atoms with van der Waals surface area (Å²) in [6, 6.07) is 7.70. The quantitative estimate of drug-likeness (QED) is 0.749. The van der Waals surface area contributed by atoms with E-state index in [0.29, 0.717) is 25.9 Å². The topological polar surface area (TPSA) is 78.5 Å². The third-order valence-electron chi connectivity index (χ3n) is 4.50. The summed E-state index contributed by atoms with van der Waals surface area (Å²) in [7, 11) is -3.63. The molecule has 6 nitrogen and oxygen atoms in total. The van der Waals surface area contributed by atoms with Crippen LogP contribution in [0.25, 0.3) is 0 Å². The Morgan fingerprint density at radius 3 is 2.72 bits per heavy atom. The monoisotopic (exact) mass is 385 g/mol. The number of hydrogen-bond donors (Lipinski definition) is 2. The Bertz CT molecular complexity index is 722. The fourth-order valence-corrected chi connectivity index (χ4v) is 4.84. The summed E-state index contributed by atoms with van der Waals surface area (Å²) in [5.41, 5.74) is 1.19. The van der Waals surface area contributed by atoms with Crippen molar-refractivity contribution in [2.75, 3.05) is 26.2 Å². The van der Waals surface area contributed by atoms with Crippen LogP contribution in [-0.2, 0) is 14.8 Å². The third-order valence-corrected chi connectivity index (χ3v) is 6.43. The van der Waals surface area contributed by atoms with Gasteiger partial charge < -0.3 is 10.6 Å². The molecule has 138 valence electrons. The number of amides is 1. The molecule has 1 aromatic rings. The van der Waals surface area contributed by atoms with Crippen molar-refractivity contribution in [2.45, 2.75) is 30.2 Å². The number of rotatable bonds is 5. The third kappa shape index (κ3) is 4.61. The average molecular weight is 386 g/mol. The van der Waals surface area contributed by atoms with E-state index in [0.717, 1.165) is 19.5 Å². The first kappa shape index (κ1) is 19.9. The van der Waals surface area contributed by atoms with Crippen LogP contribution in [0.1, 0.15) is 19.3 Å². The minimum atomic E-state index is -3.63. The van der Waals surface area contributed by atoms with Crippen molar-refractivity contribution < 1.29 is 13.2 Å². The Kier molecular flexibility index (Phi) is 7.01. The van der Waals surface area contributed by atoms with Gasteiger partial charge in [-0.15, -0.1) is 12.4 Å². The van der Waals surface area contributed by atoms with E-state index >= 15 is 0 Å². The molecular formula is C17H24ClN3O3S. The highest BCUT2D eigenvalue weighted by atomic mass is 35.5. The van der Waals surface area contributed by atoms with Gasteiger partial charge in [-0.25, -0.2) is 8.42 Å². The first-order chi connectivity index (χ1) is 11.6. The van der Waals surface area contributed by atoms with E-state index < -0.39 is 16.1 Å². The van der Waals surface area contributed by atoms with Crippen LogP contribution in [0.15, 0.2) is 46.9 Å². The zero-order valence-electron chi connectivity index (χ0n) is 14.0. The number of benzene rings is 1. The van der Waals surface area contributed by atoms with Gasteiger partial charge >= 0.3 is 0 Å². The Balaban J connectivity index is 0.00000225. The number of hydrogen-bond acceptors (Lipinski definition) is 4. The molecule has 25 heavy (non-hydrogen) atoms. The van der Waals surface area contributed by atoms with E-state index in [2.05, 4.69) is 16.7 Å². The molecule has 3 rings (SSSR count). The summed E-state index contributed by atoms with van der Waals surface area (Å²) in [5, 5.41) is 6.13. The minimum Gasteiger partial charge on any atom is -0.351 e. The average Bonchev–Trinajstić information content (AvgIpc) is 3.12. The van der Waals surface area contributed by atoms with Crippen LogP contribution in [0.2, 0.25) is 0 Å². The normalized spacial score (nSPS) is 21.3. The van der Waals surface area contributed by atoms with Crippen molar-refractivity contribution in [3.63, 3.8) is 0 Å². The van der Waals surface area contributed by atoms with Crippen LogP contribution in [0.4, 0.5) is 0 Å². The van der Waals surface area contributed by atoms with E-state index in [-0.39, 0.29) is 23.2 Å². The highest BCUT2D eigenvalue weighted by Crippen LogP contribution is 2.26. The Hall–Kier alpha value is -1.41. The van der Waals surface area contributed by atoms with Crippen LogP contribution < -0.4 is 10.6 Å². The maximum Gasteiger partial charge on any atom is 0.243 e. The van der Waals surface area contributed by atoms with Gasteiger partial charge in [0.15, 0.2) is 0 Å². The Morgan fingerprint density at radius 1 is 1.28 bits per heavy atom. The number of sulfonamides is 1. The second-order valence-corrected chi connectivity index (χ2v) is 8.01. The first-order valence-electron chi connectivity index (χ1n) is 8.32. The standard InChI is InChI=1S/C17H23N3O3S.ClH/c21-17(19-13-14-8-10-18-11-9-14)16-7-4-12-20(16)24(22,23)15-5-2-1-3-6-15;/h1-3,5-6,8,16,18H,4,7,9-13H2,(H,19,21);1H. The molecule has 1 amide bonds. The Labute approximate surface area is 155 Å². The van der Waals surface area contributed by atoms with Gasteiger partial charge in [0.25, 0.3) is 0 Å². The molecule has 2 aliphatic rings. The van der Waals surface area contributed by atoms with Gasteiger partial charge in [-0.3, -0.25) is 4.79 Å². The van der Waals surface area contributed by atoms with Gasteiger partial charge in [-0.05, 0) is 37.9 Å². The summed E-state index contributed by atoms with van der Waals surface area (Å²) in [6.07, 6.45) is 4.27. The molecule has 1 aromatic carbocycles. The summed E-state index contributed by atoms with van der Waals surface area (Å²) in [6.45, 7) is 2.63. The molecule has 0 spiro atoms. The maximum atomic E-state index is 12.8. The zero-order valence-corrected chi connectivity index (χ0v) is 15.6. The van der Waals surface area contributed by atoms with Crippen molar-refractivity contribution in [3.05, 3.63) is 42.0 Å². The van der Waals surface area contributed by atoms with Crippen molar-refractivity contribution in [1.29, 1.82) is 0 Å². The van der Waals surface area contributed by atoms with Gasteiger partial charge in [-0.2, -0.15) is 4.31 Å². The molecule has 1 unspecified atom stereocenters. The molecule has 0 bridgehead atoms. The number of nitrogens with zero attached hydrogens (tertiary/aromatic N) is 1. The van der Waals surface area contributed by atoms with Gasteiger partial charge in [0.2, 0.25) is 15.9 Å². The molecule has 1 atom stereocenters. The van der Waals surface area contributed by atoms with E-state index in [9.17, 15) is 13.2 Å². The van der Waals surface area contributed by atoms with E-state index in [4.69, 9.17) is 0 Å². The predicted octanol–water partition coefficient (Wildman–Crippen LogP) is 1.30. The molecule has 2 heterocycles. The van der Waals surface area contributed by atoms with Crippen molar-refractivity contribution in [3.8, 4) is 0 Å². The van der Waals surface area contributed by atoms with E-state index in [1.54, 1.807) is 30.3 Å². The van der Waals surface area contributed by atoms with E-state index in [1.165, 1.54) is 9.88 Å². The van der Waals surface area contributed by atoms with Gasteiger partial charge in [0.05, 0.1) is 4.90 Å². The smallest absolute Gasteiger partial charge is 0.243 e. The molecule has 2 aliphatic heterocycles. The fraction of sp³-hybridized carbons (Fsp3) is 0.471. The van der Waals surface area contributed by atoms with Gasteiger partial charge in [0, 0.05) is 19.6 Å². The summed E-state index contributed by atoms with van der Waals surface area (Å²) in [4.78, 5) is 12.8. The number of carbonyl (C=O) groups excluding carboxylic acids is 1. The molecule has 1 saturated heterocycles. The SMILES string of the molecule is Cl.O=C(NCC1=CCNCC1)C1CCCN1S(=O)(=O)c1ccccc1. The lowest BCUT2D eigenvalue weighted by molar-refractivity contribution is -0.124. The first-order valence-corrected chi connectivity index (χ1v) is 9.76. The second kappa shape index (κ2) is 8.80. The molecule has 2 N–H and O–H groups in total. The molecule has 8 heteroatoms. The van der Waals surface area contributed by atoms with Crippen LogP contribution in [0.5, 0.6) is 0 Å². The van der Waals surface area contributed by atoms with E-state index in [1.807, 2.05) is 0 Å². The maximum absolute atomic E-state index is 12.8. The minimum absolute atomic E-state index is 0. The molecule has 0 radical (unpaired) electrons. The number of halogens is 1. The van der Waals surface area contributed by atoms with Crippen LogP contribution in [0.3, 0.4) is 0 Å². The summed E-state index contributed by atoms with van der Waals surface area (Å²) in [5.74, 6) is -0.202. The molecule has 0 aromatic heterocycles. The lowest BCUT2D eigenvalue weighted by Crippen LogP contribution is -2.46. The largest absolute Gasteiger partial charge is 0.351 e. The number of carbonyl (C=O) groups is 1. The van der Waals surface area contributed by atoms with Crippen LogP contribution in [0, 0.1) is 0 Å². The fourth-order valence-electron chi connectivity index (χ4n) is 3.17. The predicted molar refractivity (Wildman–Crippen MR) is 99.2 cm³/mol. The highest BCUT2D eigenvalue weighted by molar-refractivity contribution is 7.89. The number of nitrogens with one attached hydrogen (secondary N) is 2. The molecule has 0 aliphatic carbocycles. The van der Waals surface area contributed by atoms with Crippen molar-refractivity contribution in [2.24, 2.45) is 0 Å². The van der Waals surface area contributed by atoms with Crippen molar-refractivity contribution in [1.82, 2.24) is 14.9 Å². The van der Waals surface area contributed by atoms with Gasteiger partial charge in [-0.1, -0.05) is 29.8 Å². The van der Waals surface area contributed by atoms with Crippen LogP contribution in [-0.4, -0.2) is 50.9 Å². The molecular weight excluding hydrogens is 362 g/mol. The molecule has 0 saturated carbocycles. The van der Waals surface area contributed by atoms with Crippen molar-refractivity contribution >= 4 is 28.3 Å². The second-order valence-electron chi connectivity index (χ2n) is 6.12. The molecule has 1 fully saturated rings. The van der Waals surface area contributed by atoms with Crippen LogP contribution >= 0.6 is 12.4 Å². The lowest BCUT2D eigenvalue weighted by Gasteiger charge is -2.24.